The molecule has 1 saturated heterocycles. The molecule has 1 amide bonds. The quantitative estimate of drug-likeness (QED) is 0.784. The molecule has 0 aliphatic carbocycles. The van der Waals surface area contributed by atoms with E-state index in [1.54, 1.807) is 0 Å². The Labute approximate surface area is 175 Å². The second-order valence-corrected chi connectivity index (χ2v) is 10.3. The summed E-state index contributed by atoms with van der Waals surface area (Å²) in [5.41, 5.74) is 3.44. The van der Waals surface area contributed by atoms with Crippen molar-refractivity contribution in [3.8, 4) is 6.07 Å². The highest BCUT2D eigenvalue weighted by Crippen LogP contribution is 2.31. The number of aryl methyl sites for hydroxylation is 2. The van der Waals surface area contributed by atoms with Gasteiger partial charge in [-0.15, -0.1) is 11.3 Å². The maximum absolute atomic E-state index is 12.7. The Morgan fingerprint density at radius 1 is 1.21 bits per heavy atom. The third-order valence-electron chi connectivity index (χ3n) is 5.06. The summed E-state index contributed by atoms with van der Waals surface area (Å²) in [6.07, 6.45) is 0. The first-order valence-electron chi connectivity index (χ1n) is 9.30. The van der Waals surface area contributed by atoms with E-state index in [4.69, 9.17) is 0 Å². The van der Waals surface area contributed by atoms with E-state index < -0.39 is 21.7 Å². The van der Waals surface area contributed by atoms with Crippen molar-refractivity contribution >= 4 is 38.0 Å². The maximum atomic E-state index is 12.7. The number of benzene rings is 1. The van der Waals surface area contributed by atoms with Crippen LogP contribution in [0.5, 0.6) is 0 Å². The number of carbonyl (C=O) groups excluding carboxylic acids is 1. The fourth-order valence-corrected chi connectivity index (χ4v) is 5.65. The molecule has 0 spiro atoms. The Balaban J connectivity index is 1.61. The van der Waals surface area contributed by atoms with Crippen LogP contribution in [0.25, 0.3) is 0 Å². The van der Waals surface area contributed by atoms with Gasteiger partial charge in [0.15, 0.2) is 0 Å². The molecule has 1 aliphatic rings. The second-order valence-electron chi connectivity index (χ2n) is 7.13. The molecule has 0 radical (unpaired) electrons. The molecule has 9 heteroatoms. The van der Waals surface area contributed by atoms with E-state index in [1.807, 2.05) is 39.0 Å². The van der Waals surface area contributed by atoms with Crippen LogP contribution in [0.1, 0.15) is 21.6 Å². The molecule has 2 aromatic rings. The first kappa shape index (κ1) is 21.3. The molecule has 0 unspecified atom stereocenters. The fourth-order valence-electron chi connectivity index (χ4n) is 3.32. The van der Waals surface area contributed by atoms with Gasteiger partial charge >= 0.3 is 0 Å². The number of piperazine rings is 1. The van der Waals surface area contributed by atoms with E-state index in [0.29, 0.717) is 36.7 Å². The molecule has 0 bridgehead atoms. The molecule has 1 fully saturated rings. The maximum Gasteiger partial charge on any atom is 0.241 e. The van der Waals surface area contributed by atoms with Crippen molar-refractivity contribution in [3.05, 3.63) is 45.8 Å². The van der Waals surface area contributed by atoms with Crippen molar-refractivity contribution < 1.29 is 13.2 Å². The predicted molar refractivity (Wildman–Crippen MR) is 116 cm³/mol. The highest BCUT2D eigenvalue weighted by molar-refractivity contribution is 7.89. The smallest absolute Gasteiger partial charge is 0.241 e. The molecule has 2 heterocycles. The van der Waals surface area contributed by atoms with Gasteiger partial charge < -0.3 is 10.2 Å². The summed E-state index contributed by atoms with van der Waals surface area (Å²) >= 11 is 1.28. The van der Waals surface area contributed by atoms with Crippen LogP contribution in [0.2, 0.25) is 0 Å². The summed E-state index contributed by atoms with van der Waals surface area (Å²) < 4.78 is 26.8. The molecule has 29 heavy (non-hydrogen) atoms. The van der Waals surface area contributed by atoms with Crippen LogP contribution in [-0.2, 0) is 14.8 Å². The third-order valence-corrected chi connectivity index (χ3v) is 7.96. The van der Waals surface area contributed by atoms with Crippen LogP contribution in [-0.4, -0.2) is 50.6 Å². The summed E-state index contributed by atoms with van der Waals surface area (Å²) in [6, 6.07) is 10.2. The first-order valence-corrected chi connectivity index (χ1v) is 11.7. The van der Waals surface area contributed by atoms with Gasteiger partial charge in [0.25, 0.3) is 0 Å². The molecule has 3 rings (SSSR count). The summed E-state index contributed by atoms with van der Waals surface area (Å²) in [6.45, 7) is 7.52. The topological polar surface area (TPSA) is 93.5 Å². The number of carbonyl (C=O) groups is 1. The number of nitrogens with zero attached hydrogens (tertiary/aromatic N) is 3. The Morgan fingerprint density at radius 3 is 2.52 bits per heavy atom. The lowest BCUT2D eigenvalue weighted by Crippen LogP contribution is -2.50. The van der Waals surface area contributed by atoms with E-state index in [9.17, 15) is 18.5 Å². The number of nitrogens with one attached hydrogen (secondary N) is 1. The zero-order valence-corrected chi connectivity index (χ0v) is 18.4. The van der Waals surface area contributed by atoms with E-state index in [0.717, 1.165) is 21.7 Å². The van der Waals surface area contributed by atoms with Crippen LogP contribution in [0.4, 0.5) is 10.7 Å². The normalized spacial score (nSPS) is 15.2. The zero-order valence-electron chi connectivity index (χ0n) is 16.7. The van der Waals surface area contributed by atoms with Gasteiger partial charge in [0.05, 0.1) is 5.56 Å². The van der Waals surface area contributed by atoms with Crippen molar-refractivity contribution in [3.63, 3.8) is 0 Å². The van der Waals surface area contributed by atoms with Gasteiger partial charge in [0.1, 0.15) is 16.8 Å². The van der Waals surface area contributed by atoms with Crippen LogP contribution in [0, 0.1) is 32.1 Å². The SMILES string of the molecule is Cc1cccc(N2CCN(S(=O)(=O)CC(=O)Nc3sc(C)c(C)c3C#N)CC2)c1. The lowest BCUT2D eigenvalue weighted by molar-refractivity contribution is -0.113. The summed E-state index contributed by atoms with van der Waals surface area (Å²) in [4.78, 5) is 15.4. The molecular formula is C20H24N4O3S2. The number of amides is 1. The average molecular weight is 433 g/mol. The van der Waals surface area contributed by atoms with Crippen LogP contribution in [0.15, 0.2) is 24.3 Å². The highest BCUT2D eigenvalue weighted by atomic mass is 32.2. The number of nitriles is 1. The minimum absolute atomic E-state index is 0.338. The standard InChI is InChI=1S/C20H24N4O3S2/c1-14-5-4-6-17(11-14)23-7-9-24(10-8-23)29(26,27)13-19(25)22-20-18(12-21)15(2)16(3)28-20/h4-6,11H,7-10,13H2,1-3H3,(H,22,25). The molecule has 154 valence electrons. The summed E-state index contributed by atoms with van der Waals surface area (Å²) in [7, 11) is -3.72. The van der Waals surface area contributed by atoms with Gasteiger partial charge in [-0.1, -0.05) is 12.1 Å². The number of sulfonamides is 1. The number of rotatable bonds is 5. The molecule has 0 atom stereocenters. The van der Waals surface area contributed by atoms with E-state index >= 15 is 0 Å². The molecular weight excluding hydrogens is 408 g/mol. The largest absolute Gasteiger partial charge is 0.369 e. The van der Waals surface area contributed by atoms with Crippen molar-refractivity contribution in [2.45, 2.75) is 20.8 Å². The average Bonchev–Trinajstić information content (AvgIpc) is 2.94. The Bertz CT molecular complexity index is 1060. The molecule has 1 aromatic carbocycles. The van der Waals surface area contributed by atoms with E-state index in [2.05, 4.69) is 22.4 Å². The van der Waals surface area contributed by atoms with Gasteiger partial charge in [-0.05, 0) is 44.0 Å². The molecule has 1 aromatic heterocycles. The molecule has 1 aliphatic heterocycles. The highest BCUT2D eigenvalue weighted by Gasteiger charge is 2.29. The zero-order chi connectivity index (χ0) is 21.2. The third kappa shape index (κ3) is 4.78. The van der Waals surface area contributed by atoms with Crippen molar-refractivity contribution in [2.24, 2.45) is 0 Å². The van der Waals surface area contributed by atoms with Gasteiger partial charge in [-0.25, -0.2) is 8.42 Å². The lowest BCUT2D eigenvalue weighted by atomic mass is 10.2. The van der Waals surface area contributed by atoms with Gasteiger partial charge in [-0.3, -0.25) is 4.79 Å². The first-order chi connectivity index (χ1) is 13.7. The monoisotopic (exact) mass is 432 g/mol. The van der Waals surface area contributed by atoms with Crippen molar-refractivity contribution in [1.82, 2.24) is 4.31 Å². The number of hydrogen-bond acceptors (Lipinski definition) is 6. The van der Waals surface area contributed by atoms with Gasteiger partial charge in [0.2, 0.25) is 15.9 Å². The van der Waals surface area contributed by atoms with Gasteiger partial charge in [-0.2, -0.15) is 9.57 Å². The number of anilines is 2. The van der Waals surface area contributed by atoms with Crippen molar-refractivity contribution in [2.75, 3.05) is 42.1 Å². The minimum atomic E-state index is -3.72. The fraction of sp³-hybridized carbons (Fsp3) is 0.400. The second kappa shape index (κ2) is 8.53. The lowest BCUT2D eigenvalue weighted by Gasteiger charge is -2.35. The van der Waals surface area contributed by atoms with Crippen LogP contribution < -0.4 is 10.2 Å². The number of hydrogen-bond donors (Lipinski definition) is 1. The van der Waals surface area contributed by atoms with Crippen molar-refractivity contribution in [1.29, 1.82) is 5.26 Å². The Morgan fingerprint density at radius 2 is 1.90 bits per heavy atom. The van der Waals surface area contributed by atoms with E-state index in [-0.39, 0.29) is 0 Å². The Kier molecular flexibility index (Phi) is 6.27. The molecule has 1 N–H and O–H groups in total. The number of thiophene rings is 1. The van der Waals surface area contributed by atoms with Crippen LogP contribution in [0.3, 0.4) is 0 Å². The Hall–Kier alpha value is -2.41. The van der Waals surface area contributed by atoms with E-state index in [1.165, 1.54) is 15.6 Å². The van der Waals surface area contributed by atoms with Gasteiger partial charge in [0, 0.05) is 36.7 Å². The summed E-state index contributed by atoms with van der Waals surface area (Å²) in [5.74, 6) is -1.25. The summed E-state index contributed by atoms with van der Waals surface area (Å²) in [5, 5.41) is 12.3. The molecule has 0 saturated carbocycles. The minimum Gasteiger partial charge on any atom is -0.369 e. The van der Waals surface area contributed by atoms with Crippen LogP contribution >= 0.6 is 11.3 Å². The predicted octanol–water partition coefficient (Wildman–Crippen LogP) is 2.64. The molecule has 7 nitrogen and oxygen atoms in total.